The van der Waals surface area contributed by atoms with E-state index in [4.69, 9.17) is 14.1 Å². The summed E-state index contributed by atoms with van der Waals surface area (Å²) in [5, 5.41) is 0. The molecule has 1 aromatic heterocycles. The Morgan fingerprint density at radius 3 is 2.38 bits per heavy atom. The minimum absolute atomic E-state index is 0.494. The SMILES string of the molecule is COc1cccc(CC2CCCCC2=C(C)c2nc(-c3ccccc3)c(-c3ccccc3)o2)c1. The van der Waals surface area contributed by atoms with Gasteiger partial charge in [-0.25, -0.2) is 4.98 Å². The smallest absolute Gasteiger partial charge is 0.222 e. The molecule has 1 atom stereocenters. The van der Waals surface area contributed by atoms with E-state index in [9.17, 15) is 0 Å². The van der Waals surface area contributed by atoms with Crippen LogP contribution in [0, 0.1) is 5.92 Å². The van der Waals surface area contributed by atoms with Crippen LogP contribution < -0.4 is 4.74 Å². The first-order valence-corrected chi connectivity index (χ1v) is 12.2. The Morgan fingerprint density at radius 2 is 1.65 bits per heavy atom. The van der Waals surface area contributed by atoms with Crippen LogP contribution >= 0.6 is 0 Å². The number of hydrogen-bond donors (Lipinski definition) is 0. The molecule has 1 aliphatic rings. The zero-order valence-electron chi connectivity index (χ0n) is 20.0. The summed E-state index contributed by atoms with van der Waals surface area (Å²) in [5.41, 5.74) is 7.02. The molecule has 1 saturated carbocycles. The molecule has 5 rings (SSSR count). The van der Waals surface area contributed by atoms with Crippen LogP contribution in [0.5, 0.6) is 5.75 Å². The van der Waals surface area contributed by atoms with Crippen LogP contribution in [0.1, 0.15) is 44.1 Å². The van der Waals surface area contributed by atoms with Crippen LogP contribution in [0.4, 0.5) is 0 Å². The average Bonchev–Trinajstić information content (AvgIpc) is 3.35. The first-order valence-electron chi connectivity index (χ1n) is 12.2. The van der Waals surface area contributed by atoms with Crippen molar-refractivity contribution in [1.82, 2.24) is 4.98 Å². The molecule has 3 nitrogen and oxygen atoms in total. The largest absolute Gasteiger partial charge is 0.497 e. The molecule has 0 spiro atoms. The molecule has 1 aliphatic carbocycles. The van der Waals surface area contributed by atoms with Crippen molar-refractivity contribution < 1.29 is 9.15 Å². The van der Waals surface area contributed by atoms with Crippen LogP contribution in [0.2, 0.25) is 0 Å². The van der Waals surface area contributed by atoms with Gasteiger partial charge in [0.25, 0.3) is 0 Å². The second-order valence-corrected chi connectivity index (χ2v) is 9.08. The molecule has 3 heteroatoms. The minimum Gasteiger partial charge on any atom is -0.497 e. The fourth-order valence-corrected chi connectivity index (χ4v) is 5.08. The third kappa shape index (κ3) is 4.70. The second kappa shape index (κ2) is 10.1. The van der Waals surface area contributed by atoms with E-state index < -0.39 is 0 Å². The molecule has 3 aromatic carbocycles. The number of aromatic nitrogens is 1. The van der Waals surface area contributed by atoms with E-state index >= 15 is 0 Å². The highest BCUT2D eigenvalue weighted by Crippen LogP contribution is 2.40. The van der Waals surface area contributed by atoms with E-state index in [0.29, 0.717) is 5.92 Å². The highest BCUT2D eigenvalue weighted by Gasteiger charge is 2.25. The van der Waals surface area contributed by atoms with E-state index in [-0.39, 0.29) is 0 Å². The molecular weight excluding hydrogens is 418 g/mol. The highest BCUT2D eigenvalue weighted by atomic mass is 16.5. The molecule has 0 bridgehead atoms. The van der Waals surface area contributed by atoms with Crippen molar-refractivity contribution in [1.29, 1.82) is 0 Å². The van der Waals surface area contributed by atoms with Gasteiger partial charge in [-0.1, -0.05) is 84.8 Å². The summed E-state index contributed by atoms with van der Waals surface area (Å²) in [7, 11) is 1.73. The van der Waals surface area contributed by atoms with Gasteiger partial charge in [-0.15, -0.1) is 0 Å². The van der Waals surface area contributed by atoms with Crippen LogP contribution in [0.25, 0.3) is 28.2 Å². The monoisotopic (exact) mass is 449 g/mol. The number of allylic oxidation sites excluding steroid dienone is 2. The Labute approximate surface area is 202 Å². The van der Waals surface area contributed by atoms with Crippen molar-refractivity contribution in [2.45, 2.75) is 39.0 Å². The van der Waals surface area contributed by atoms with E-state index in [0.717, 1.165) is 47.1 Å². The summed E-state index contributed by atoms with van der Waals surface area (Å²) >= 11 is 0. The maximum absolute atomic E-state index is 6.52. The Bertz CT molecular complexity index is 1210. The highest BCUT2D eigenvalue weighted by molar-refractivity contribution is 5.79. The summed E-state index contributed by atoms with van der Waals surface area (Å²) in [5.74, 6) is 2.99. The first-order chi connectivity index (χ1) is 16.7. The van der Waals surface area contributed by atoms with Gasteiger partial charge in [-0.3, -0.25) is 0 Å². The molecule has 1 unspecified atom stereocenters. The van der Waals surface area contributed by atoms with E-state index in [1.165, 1.54) is 36.0 Å². The molecule has 34 heavy (non-hydrogen) atoms. The predicted molar refractivity (Wildman–Crippen MR) is 139 cm³/mol. The number of nitrogens with zero attached hydrogens (tertiary/aromatic N) is 1. The number of rotatable bonds is 6. The summed E-state index contributed by atoms with van der Waals surface area (Å²) in [4.78, 5) is 5.06. The normalized spacial score (nSPS) is 17.4. The quantitative estimate of drug-likeness (QED) is 0.297. The second-order valence-electron chi connectivity index (χ2n) is 9.08. The summed E-state index contributed by atoms with van der Waals surface area (Å²) in [6.07, 6.45) is 5.80. The third-order valence-electron chi connectivity index (χ3n) is 6.87. The fourth-order valence-electron chi connectivity index (χ4n) is 5.08. The van der Waals surface area contributed by atoms with Gasteiger partial charge in [0.05, 0.1) is 7.11 Å². The van der Waals surface area contributed by atoms with Crippen molar-refractivity contribution in [3.8, 4) is 28.3 Å². The zero-order chi connectivity index (χ0) is 23.3. The number of oxazole rings is 1. The summed E-state index contributed by atoms with van der Waals surface area (Å²) < 4.78 is 12.0. The van der Waals surface area contributed by atoms with Gasteiger partial charge in [0.15, 0.2) is 5.76 Å². The number of benzene rings is 3. The van der Waals surface area contributed by atoms with E-state index in [2.05, 4.69) is 61.5 Å². The van der Waals surface area contributed by atoms with Crippen molar-refractivity contribution in [2.75, 3.05) is 7.11 Å². The molecular formula is C31H31NO2. The van der Waals surface area contributed by atoms with Crippen LogP contribution in [0.3, 0.4) is 0 Å². The lowest BCUT2D eigenvalue weighted by atomic mass is 9.78. The number of methoxy groups -OCH3 is 1. The molecule has 1 fully saturated rings. The molecule has 0 amide bonds. The Kier molecular flexibility index (Phi) is 6.62. The van der Waals surface area contributed by atoms with Gasteiger partial charge >= 0.3 is 0 Å². The third-order valence-corrected chi connectivity index (χ3v) is 6.87. The fraction of sp³-hybridized carbons (Fsp3) is 0.258. The van der Waals surface area contributed by atoms with Gasteiger partial charge in [-0.2, -0.15) is 0 Å². The Morgan fingerprint density at radius 1 is 0.912 bits per heavy atom. The minimum atomic E-state index is 0.494. The number of hydrogen-bond acceptors (Lipinski definition) is 3. The topological polar surface area (TPSA) is 35.3 Å². The molecule has 0 N–H and O–H groups in total. The maximum Gasteiger partial charge on any atom is 0.222 e. The molecule has 1 heterocycles. The van der Waals surface area contributed by atoms with Gasteiger partial charge in [0.2, 0.25) is 5.89 Å². The van der Waals surface area contributed by atoms with Crippen LogP contribution in [0.15, 0.2) is 94.9 Å². The van der Waals surface area contributed by atoms with Gasteiger partial charge < -0.3 is 9.15 Å². The average molecular weight is 450 g/mol. The first kappa shape index (κ1) is 22.2. The predicted octanol–water partition coefficient (Wildman–Crippen LogP) is 8.22. The van der Waals surface area contributed by atoms with Gasteiger partial charge in [0.1, 0.15) is 11.4 Å². The van der Waals surface area contributed by atoms with Crippen LogP contribution in [-0.4, -0.2) is 12.1 Å². The molecule has 0 radical (unpaired) electrons. The Balaban J connectivity index is 1.55. The van der Waals surface area contributed by atoms with Crippen molar-refractivity contribution in [3.63, 3.8) is 0 Å². The zero-order valence-corrected chi connectivity index (χ0v) is 20.0. The van der Waals surface area contributed by atoms with E-state index in [1.807, 2.05) is 30.3 Å². The Hall–Kier alpha value is -3.59. The molecule has 172 valence electrons. The summed E-state index contributed by atoms with van der Waals surface area (Å²) in [6.45, 7) is 2.19. The lowest BCUT2D eigenvalue weighted by molar-refractivity contribution is 0.412. The van der Waals surface area contributed by atoms with Crippen molar-refractivity contribution in [2.24, 2.45) is 5.92 Å². The van der Waals surface area contributed by atoms with Crippen molar-refractivity contribution >= 4 is 5.57 Å². The molecule has 4 aromatic rings. The van der Waals surface area contributed by atoms with Crippen LogP contribution in [-0.2, 0) is 6.42 Å². The maximum atomic E-state index is 6.52. The molecule has 0 saturated heterocycles. The standard InChI is InChI=1S/C31H31NO2/c1-22(28-19-10-9-17-26(28)20-23-12-11-18-27(21-23)33-2)31-32-29(24-13-5-3-6-14-24)30(34-31)25-15-7-4-8-16-25/h3-8,11-16,18,21,26H,9-10,17,19-20H2,1-2H3. The van der Waals surface area contributed by atoms with Gasteiger partial charge in [-0.05, 0) is 56.2 Å². The number of ether oxygens (including phenoxy) is 1. The summed E-state index contributed by atoms with van der Waals surface area (Å²) in [6, 6.07) is 29.1. The van der Waals surface area contributed by atoms with Gasteiger partial charge in [0, 0.05) is 16.7 Å². The van der Waals surface area contributed by atoms with Crippen molar-refractivity contribution in [3.05, 3.63) is 102 Å². The lowest BCUT2D eigenvalue weighted by Crippen LogP contribution is -2.14. The molecule has 0 aliphatic heterocycles. The lowest BCUT2D eigenvalue weighted by Gasteiger charge is -2.27. The van der Waals surface area contributed by atoms with E-state index in [1.54, 1.807) is 7.11 Å².